The Morgan fingerprint density at radius 2 is 1.64 bits per heavy atom. The van der Waals surface area contributed by atoms with Crippen LogP contribution in [-0.2, 0) is 29.2 Å². The first-order valence-corrected chi connectivity index (χ1v) is 10.7. The molecule has 8 nitrogen and oxygen atoms in total. The summed E-state index contributed by atoms with van der Waals surface area (Å²) in [5.41, 5.74) is 5.93. The molecule has 1 aromatic carbocycles. The van der Waals surface area contributed by atoms with Gasteiger partial charge in [0.05, 0.1) is 18.8 Å². The van der Waals surface area contributed by atoms with Crippen LogP contribution in [0.5, 0.6) is 5.75 Å². The van der Waals surface area contributed by atoms with Gasteiger partial charge < -0.3 is 19.4 Å². The number of carbonyl (C=O) groups is 2. The van der Waals surface area contributed by atoms with E-state index in [1.807, 2.05) is 0 Å². The van der Waals surface area contributed by atoms with Crippen LogP contribution < -0.4 is 9.92 Å². The highest BCUT2D eigenvalue weighted by atomic mass is 32.2. The summed E-state index contributed by atoms with van der Waals surface area (Å²) in [6.45, 7) is 8.60. The van der Waals surface area contributed by atoms with Crippen LogP contribution in [0.4, 0.5) is 0 Å². The van der Waals surface area contributed by atoms with Crippen LogP contribution in [0.1, 0.15) is 52.5 Å². The second kappa shape index (κ2) is 9.38. The van der Waals surface area contributed by atoms with Gasteiger partial charge in [-0.2, -0.15) is 8.42 Å². The fourth-order valence-electron chi connectivity index (χ4n) is 2.42. The van der Waals surface area contributed by atoms with Gasteiger partial charge in [-0.25, -0.2) is 0 Å². The molecule has 2 atom stereocenters. The Morgan fingerprint density at radius 1 is 1.11 bits per heavy atom. The summed E-state index contributed by atoms with van der Waals surface area (Å²) < 4.78 is 37.8. The lowest BCUT2D eigenvalue weighted by Crippen LogP contribution is -2.42. The first-order valence-electron chi connectivity index (χ1n) is 8.85. The third kappa shape index (κ3) is 8.71. The highest BCUT2D eigenvalue weighted by molar-refractivity contribution is 7.86. The summed E-state index contributed by atoms with van der Waals surface area (Å²) in [4.78, 5) is 24.6. The van der Waals surface area contributed by atoms with E-state index in [0.29, 0.717) is 5.56 Å². The van der Waals surface area contributed by atoms with Crippen molar-refractivity contribution in [3.05, 3.63) is 29.8 Å². The molecule has 0 aliphatic heterocycles. The van der Waals surface area contributed by atoms with E-state index in [2.05, 4.69) is 0 Å². The van der Waals surface area contributed by atoms with Crippen molar-refractivity contribution in [1.82, 2.24) is 0 Å². The van der Waals surface area contributed by atoms with Crippen molar-refractivity contribution < 1.29 is 31.7 Å². The minimum atomic E-state index is -3.67. The van der Waals surface area contributed by atoms with Crippen LogP contribution in [0.2, 0.25) is 0 Å². The number of nitrogens with two attached hydrogens (primary N) is 1. The third-order valence-corrected chi connectivity index (χ3v) is 3.92. The molecule has 0 heterocycles. The van der Waals surface area contributed by atoms with Gasteiger partial charge in [-0.3, -0.25) is 9.59 Å². The Labute approximate surface area is 166 Å². The number of hydrogen-bond donors (Lipinski definition) is 1. The molecule has 28 heavy (non-hydrogen) atoms. The Bertz CT molecular complexity index is 779. The molecule has 0 spiro atoms. The van der Waals surface area contributed by atoms with Crippen molar-refractivity contribution in [3.63, 3.8) is 0 Å². The van der Waals surface area contributed by atoms with Gasteiger partial charge in [-0.15, -0.1) is 0 Å². The highest BCUT2D eigenvalue weighted by Crippen LogP contribution is 2.27. The van der Waals surface area contributed by atoms with Crippen LogP contribution in [0.15, 0.2) is 24.3 Å². The molecule has 0 aliphatic carbocycles. The van der Waals surface area contributed by atoms with Crippen molar-refractivity contribution in [1.29, 1.82) is 0 Å². The van der Waals surface area contributed by atoms with Crippen LogP contribution in [0, 0.1) is 0 Å². The quantitative estimate of drug-likeness (QED) is 0.506. The number of rotatable bonds is 8. The molecular formula is C19H29NO7S. The third-order valence-electron chi connectivity index (χ3n) is 3.42. The van der Waals surface area contributed by atoms with E-state index >= 15 is 0 Å². The molecule has 0 fully saturated rings. The summed E-state index contributed by atoms with van der Waals surface area (Å²) in [6, 6.07) is 4.86. The van der Waals surface area contributed by atoms with Crippen LogP contribution in [0.25, 0.3) is 0 Å². The average molecular weight is 416 g/mol. The second-order valence-corrected chi connectivity index (χ2v) is 9.34. The predicted molar refractivity (Wildman–Crippen MR) is 104 cm³/mol. The lowest BCUT2D eigenvalue weighted by atomic mass is 9.88. The van der Waals surface area contributed by atoms with Gasteiger partial charge in [0.2, 0.25) is 0 Å². The van der Waals surface area contributed by atoms with Crippen LogP contribution >= 0.6 is 0 Å². The van der Waals surface area contributed by atoms with Gasteiger partial charge in [-0.05, 0) is 52.3 Å². The molecule has 0 aromatic heterocycles. The fraction of sp³-hybridized carbons (Fsp3) is 0.579. The standard InChI is InChI=1S/C19H29NO7S/c1-12(2)25-16(21)11-15(17(20)18(22)26-19(3,4)5)13-7-9-14(10-8-13)27-28(6,23)24/h7-10,12,15,17H,11,20H2,1-6H3. The Morgan fingerprint density at radius 3 is 2.07 bits per heavy atom. The normalized spacial score (nSPS) is 14.3. The molecular weight excluding hydrogens is 386 g/mol. The molecule has 0 radical (unpaired) electrons. The molecule has 1 aromatic rings. The van der Waals surface area contributed by atoms with Gasteiger partial charge in [0.25, 0.3) is 0 Å². The first kappa shape index (κ1) is 23.9. The molecule has 0 amide bonds. The van der Waals surface area contributed by atoms with E-state index in [1.165, 1.54) is 12.1 Å². The van der Waals surface area contributed by atoms with Crippen molar-refractivity contribution in [3.8, 4) is 5.75 Å². The summed E-state index contributed by atoms with van der Waals surface area (Å²) in [5.74, 6) is -1.75. The maximum Gasteiger partial charge on any atom is 0.324 e. The second-order valence-electron chi connectivity index (χ2n) is 7.76. The minimum absolute atomic E-state index is 0.112. The fourth-order valence-corrected chi connectivity index (χ4v) is 2.88. The molecule has 158 valence electrons. The predicted octanol–water partition coefficient (Wildman–Crippen LogP) is 2.12. The van der Waals surface area contributed by atoms with Gasteiger partial charge in [0.1, 0.15) is 17.4 Å². The van der Waals surface area contributed by atoms with Crippen molar-refractivity contribution in [2.45, 2.75) is 64.7 Å². The zero-order valence-electron chi connectivity index (χ0n) is 17.1. The molecule has 0 saturated carbocycles. The molecule has 2 unspecified atom stereocenters. The van der Waals surface area contributed by atoms with E-state index < -0.39 is 39.6 Å². The van der Waals surface area contributed by atoms with E-state index in [0.717, 1.165) is 6.26 Å². The largest absolute Gasteiger partial charge is 0.463 e. The van der Waals surface area contributed by atoms with Crippen molar-refractivity contribution in [2.24, 2.45) is 5.73 Å². The average Bonchev–Trinajstić information content (AvgIpc) is 2.49. The number of carbonyl (C=O) groups excluding carboxylic acids is 2. The molecule has 2 N–H and O–H groups in total. The molecule has 0 bridgehead atoms. The highest BCUT2D eigenvalue weighted by Gasteiger charge is 2.32. The van der Waals surface area contributed by atoms with Crippen molar-refractivity contribution in [2.75, 3.05) is 6.26 Å². The minimum Gasteiger partial charge on any atom is -0.463 e. The van der Waals surface area contributed by atoms with Gasteiger partial charge in [0, 0.05) is 5.92 Å². The molecule has 0 aliphatic rings. The number of ether oxygens (including phenoxy) is 2. The van der Waals surface area contributed by atoms with Gasteiger partial charge in [-0.1, -0.05) is 12.1 Å². The number of esters is 2. The van der Waals surface area contributed by atoms with E-state index in [9.17, 15) is 18.0 Å². The topological polar surface area (TPSA) is 122 Å². The van der Waals surface area contributed by atoms with Crippen molar-refractivity contribution >= 4 is 22.1 Å². The van der Waals surface area contributed by atoms with Crippen LogP contribution in [0.3, 0.4) is 0 Å². The summed E-state index contributed by atoms with van der Waals surface area (Å²) in [5, 5.41) is 0. The maximum atomic E-state index is 12.4. The Hall–Kier alpha value is -2.13. The van der Waals surface area contributed by atoms with E-state index in [4.69, 9.17) is 19.4 Å². The first-order chi connectivity index (χ1) is 12.7. The Kier molecular flexibility index (Phi) is 8.01. The smallest absolute Gasteiger partial charge is 0.324 e. The number of hydrogen-bond acceptors (Lipinski definition) is 8. The zero-order valence-corrected chi connectivity index (χ0v) is 17.9. The molecule has 9 heteroatoms. The maximum absolute atomic E-state index is 12.4. The van der Waals surface area contributed by atoms with E-state index in [-0.39, 0.29) is 18.3 Å². The molecule has 0 saturated heterocycles. The summed E-state index contributed by atoms with van der Waals surface area (Å²) >= 11 is 0. The van der Waals surface area contributed by atoms with Crippen LogP contribution in [-0.4, -0.2) is 44.4 Å². The summed E-state index contributed by atoms with van der Waals surface area (Å²) in [6.07, 6.45) is 0.492. The summed E-state index contributed by atoms with van der Waals surface area (Å²) in [7, 11) is -3.67. The SMILES string of the molecule is CC(C)OC(=O)CC(c1ccc(OS(C)(=O)=O)cc1)C(N)C(=O)OC(C)(C)C. The van der Waals surface area contributed by atoms with Gasteiger partial charge >= 0.3 is 22.1 Å². The van der Waals surface area contributed by atoms with E-state index in [1.54, 1.807) is 46.8 Å². The van der Waals surface area contributed by atoms with Gasteiger partial charge in [0.15, 0.2) is 0 Å². The zero-order chi connectivity index (χ0) is 21.7. The molecule has 1 rings (SSSR count). The lowest BCUT2D eigenvalue weighted by molar-refractivity contribution is -0.157. The lowest BCUT2D eigenvalue weighted by Gasteiger charge is -2.27. The monoisotopic (exact) mass is 415 g/mol. The Balaban J connectivity index is 3.12. The number of benzene rings is 1.